The van der Waals surface area contributed by atoms with Crippen molar-refractivity contribution < 1.29 is 13.2 Å². The lowest BCUT2D eigenvalue weighted by Gasteiger charge is -2.24. The van der Waals surface area contributed by atoms with Crippen LogP contribution in [-0.4, -0.2) is 34.0 Å². The van der Waals surface area contributed by atoms with Gasteiger partial charge in [0.15, 0.2) is 0 Å². The second kappa shape index (κ2) is 10.1. The van der Waals surface area contributed by atoms with Crippen molar-refractivity contribution in [3.05, 3.63) is 60.2 Å². The highest BCUT2D eigenvalue weighted by Crippen LogP contribution is 2.24. The monoisotopic (exact) mass is 389 g/mol. The van der Waals surface area contributed by atoms with E-state index in [1.807, 2.05) is 25.1 Å². The SMILES string of the molecule is CCCCN(c1ccccc1)S(=O)(=O)c1cccc(C(=O)NCCCN)c1. The zero-order valence-electron chi connectivity index (χ0n) is 15.6. The highest BCUT2D eigenvalue weighted by Gasteiger charge is 2.25. The predicted molar refractivity (Wildman–Crippen MR) is 108 cm³/mol. The van der Waals surface area contributed by atoms with E-state index in [1.165, 1.54) is 16.4 Å². The van der Waals surface area contributed by atoms with Crippen molar-refractivity contribution in [3.63, 3.8) is 0 Å². The molecule has 0 aromatic heterocycles. The summed E-state index contributed by atoms with van der Waals surface area (Å²) < 4.78 is 27.9. The van der Waals surface area contributed by atoms with Gasteiger partial charge in [0.1, 0.15) is 0 Å². The third-order valence-corrected chi connectivity index (χ3v) is 5.93. The van der Waals surface area contributed by atoms with E-state index in [9.17, 15) is 13.2 Å². The van der Waals surface area contributed by atoms with Gasteiger partial charge < -0.3 is 11.1 Å². The molecule has 2 aromatic carbocycles. The fourth-order valence-corrected chi connectivity index (χ4v) is 4.16. The summed E-state index contributed by atoms with van der Waals surface area (Å²) >= 11 is 0. The van der Waals surface area contributed by atoms with Crippen LogP contribution in [0.2, 0.25) is 0 Å². The molecule has 0 saturated heterocycles. The first-order chi connectivity index (χ1) is 13.0. The quantitative estimate of drug-likeness (QED) is 0.611. The second-order valence-electron chi connectivity index (χ2n) is 6.19. The van der Waals surface area contributed by atoms with Crippen molar-refractivity contribution in [1.82, 2.24) is 5.32 Å². The van der Waals surface area contributed by atoms with Crippen LogP contribution in [0.25, 0.3) is 0 Å². The van der Waals surface area contributed by atoms with Crippen LogP contribution >= 0.6 is 0 Å². The number of rotatable bonds is 10. The summed E-state index contributed by atoms with van der Waals surface area (Å²) in [7, 11) is -3.77. The summed E-state index contributed by atoms with van der Waals surface area (Å²) in [5.74, 6) is -0.305. The zero-order chi connectivity index (χ0) is 19.7. The van der Waals surface area contributed by atoms with E-state index in [4.69, 9.17) is 5.73 Å². The van der Waals surface area contributed by atoms with Gasteiger partial charge in [0, 0.05) is 18.7 Å². The normalized spacial score (nSPS) is 11.2. The highest BCUT2D eigenvalue weighted by atomic mass is 32.2. The minimum atomic E-state index is -3.77. The van der Waals surface area contributed by atoms with Crippen LogP contribution in [0, 0.1) is 0 Å². The van der Waals surface area contributed by atoms with Crippen LogP contribution in [-0.2, 0) is 10.0 Å². The van der Waals surface area contributed by atoms with Gasteiger partial charge in [0.25, 0.3) is 15.9 Å². The Kier molecular flexibility index (Phi) is 7.82. The van der Waals surface area contributed by atoms with Gasteiger partial charge in [-0.1, -0.05) is 37.6 Å². The van der Waals surface area contributed by atoms with Gasteiger partial charge in [0.05, 0.1) is 10.6 Å². The molecule has 0 spiro atoms. The van der Waals surface area contributed by atoms with Gasteiger partial charge in [0.2, 0.25) is 0 Å². The number of hydrogen-bond donors (Lipinski definition) is 2. The third kappa shape index (κ3) is 5.55. The first-order valence-electron chi connectivity index (χ1n) is 9.16. The number of nitrogens with one attached hydrogen (secondary N) is 1. The Labute approximate surface area is 161 Å². The smallest absolute Gasteiger partial charge is 0.264 e. The summed E-state index contributed by atoms with van der Waals surface area (Å²) in [5, 5.41) is 2.75. The van der Waals surface area contributed by atoms with Crippen LogP contribution in [0.1, 0.15) is 36.5 Å². The number of para-hydroxylation sites is 1. The van der Waals surface area contributed by atoms with Crippen LogP contribution in [0.15, 0.2) is 59.5 Å². The molecule has 1 amide bonds. The molecule has 27 heavy (non-hydrogen) atoms. The average Bonchev–Trinajstić information content (AvgIpc) is 2.69. The van der Waals surface area contributed by atoms with Gasteiger partial charge >= 0.3 is 0 Å². The maximum absolute atomic E-state index is 13.3. The van der Waals surface area contributed by atoms with Crippen molar-refractivity contribution in [2.45, 2.75) is 31.1 Å². The Morgan fingerprint density at radius 1 is 1.07 bits per heavy atom. The molecule has 6 nitrogen and oxygen atoms in total. The number of anilines is 1. The van der Waals surface area contributed by atoms with E-state index >= 15 is 0 Å². The molecule has 3 N–H and O–H groups in total. The number of carbonyl (C=O) groups excluding carboxylic acids is 1. The number of nitrogens with zero attached hydrogens (tertiary/aromatic N) is 1. The molecule has 0 atom stereocenters. The maximum Gasteiger partial charge on any atom is 0.264 e. The predicted octanol–water partition coefficient (Wildman–Crippen LogP) is 2.76. The van der Waals surface area contributed by atoms with E-state index in [2.05, 4.69) is 5.32 Å². The molecular formula is C20H27N3O3S. The number of hydrogen-bond acceptors (Lipinski definition) is 4. The van der Waals surface area contributed by atoms with Crippen LogP contribution < -0.4 is 15.4 Å². The molecule has 0 radical (unpaired) electrons. The molecule has 0 bridgehead atoms. The summed E-state index contributed by atoms with van der Waals surface area (Å²) in [6.45, 7) is 3.34. The number of carbonyl (C=O) groups is 1. The number of nitrogens with two attached hydrogens (primary N) is 1. The lowest BCUT2D eigenvalue weighted by atomic mass is 10.2. The van der Waals surface area contributed by atoms with Crippen LogP contribution in [0.3, 0.4) is 0 Å². The second-order valence-corrected chi connectivity index (χ2v) is 8.05. The molecule has 0 aliphatic heterocycles. The van der Waals surface area contributed by atoms with E-state index in [0.29, 0.717) is 37.3 Å². The molecule has 7 heteroatoms. The van der Waals surface area contributed by atoms with Crippen molar-refractivity contribution in [2.24, 2.45) is 5.73 Å². The number of sulfonamides is 1. The highest BCUT2D eigenvalue weighted by molar-refractivity contribution is 7.92. The van der Waals surface area contributed by atoms with Crippen molar-refractivity contribution >= 4 is 21.6 Å². The molecular weight excluding hydrogens is 362 g/mol. The first kappa shape index (κ1) is 20.9. The lowest BCUT2D eigenvalue weighted by molar-refractivity contribution is 0.0953. The largest absolute Gasteiger partial charge is 0.352 e. The number of benzene rings is 2. The third-order valence-electron chi connectivity index (χ3n) is 4.11. The van der Waals surface area contributed by atoms with Gasteiger partial charge in [-0.2, -0.15) is 0 Å². The minimum Gasteiger partial charge on any atom is -0.352 e. The summed E-state index contributed by atoms with van der Waals surface area (Å²) in [4.78, 5) is 12.4. The van der Waals surface area contributed by atoms with Crippen molar-refractivity contribution in [3.8, 4) is 0 Å². The van der Waals surface area contributed by atoms with Crippen LogP contribution in [0.5, 0.6) is 0 Å². The Bertz CT molecular complexity index is 839. The fourth-order valence-electron chi connectivity index (χ4n) is 2.62. The molecule has 0 unspecified atom stereocenters. The molecule has 146 valence electrons. The Balaban J connectivity index is 2.32. The van der Waals surface area contributed by atoms with Crippen molar-refractivity contribution in [2.75, 3.05) is 23.9 Å². The van der Waals surface area contributed by atoms with E-state index in [-0.39, 0.29) is 10.8 Å². The average molecular weight is 390 g/mol. The Morgan fingerprint density at radius 2 is 1.81 bits per heavy atom. The standard InChI is InChI=1S/C20H27N3O3S/c1-2-3-15-23(18-10-5-4-6-11-18)27(25,26)19-12-7-9-17(16-19)20(24)22-14-8-13-21/h4-7,9-12,16H,2-3,8,13-15,21H2,1H3,(H,22,24). The van der Waals surface area contributed by atoms with Gasteiger partial charge in [-0.05, 0) is 49.7 Å². The maximum atomic E-state index is 13.3. The number of amides is 1. The zero-order valence-corrected chi connectivity index (χ0v) is 16.4. The summed E-state index contributed by atoms with van der Waals surface area (Å²) in [6, 6.07) is 15.2. The molecule has 0 aliphatic carbocycles. The molecule has 0 aliphatic rings. The van der Waals surface area contributed by atoms with Gasteiger partial charge in [-0.25, -0.2) is 8.42 Å². The molecule has 2 rings (SSSR count). The summed E-state index contributed by atoms with van der Waals surface area (Å²) in [5.41, 5.74) is 6.36. The van der Waals surface area contributed by atoms with E-state index < -0.39 is 10.0 Å². The Hall–Kier alpha value is -2.38. The molecule has 0 heterocycles. The molecule has 2 aromatic rings. The Morgan fingerprint density at radius 3 is 2.48 bits per heavy atom. The van der Waals surface area contributed by atoms with Crippen LogP contribution in [0.4, 0.5) is 5.69 Å². The van der Waals surface area contributed by atoms with E-state index in [0.717, 1.165) is 12.8 Å². The fraction of sp³-hybridized carbons (Fsp3) is 0.350. The minimum absolute atomic E-state index is 0.105. The topological polar surface area (TPSA) is 92.5 Å². The lowest BCUT2D eigenvalue weighted by Crippen LogP contribution is -2.32. The molecule has 0 fully saturated rings. The van der Waals surface area contributed by atoms with Gasteiger partial charge in [-0.3, -0.25) is 9.10 Å². The van der Waals surface area contributed by atoms with Crippen molar-refractivity contribution in [1.29, 1.82) is 0 Å². The summed E-state index contributed by atoms with van der Waals surface area (Å²) in [6.07, 6.45) is 2.29. The molecule has 0 saturated carbocycles. The number of unbranched alkanes of at least 4 members (excludes halogenated alkanes) is 1. The first-order valence-corrected chi connectivity index (χ1v) is 10.6. The van der Waals surface area contributed by atoms with E-state index in [1.54, 1.807) is 24.3 Å². The van der Waals surface area contributed by atoms with Gasteiger partial charge in [-0.15, -0.1) is 0 Å².